The van der Waals surface area contributed by atoms with Crippen LogP contribution < -0.4 is 15.4 Å². The molecule has 0 aliphatic carbocycles. The van der Waals surface area contributed by atoms with Crippen LogP contribution >= 0.6 is 0 Å². The lowest BCUT2D eigenvalue weighted by atomic mass is 9.76. The Kier molecular flexibility index (Phi) is 10.3. The smallest absolute Gasteiger partial charge is 0.408 e. The third-order valence-corrected chi connectivity index (χ3v) is 5.77. The van der Waals surface area contributed by atoms with Crippen LogP contribution in [0.5, 0.6) is 5.75 Å². The molecule has 0 spiro atoms. The summed E-state index contributed by atoms with van der Waals surface area (Å²) in [6.45, 7) is 18.7. The predicted molar refractivity (Wildman–Crippen MR) is 136 cm³/mol. The Labute approximate surface area is 213 Å². The summed E-state index contributed by atoms with van der Waals surface area (Å²) in [6.07, 6.45) is -0.800. The SMILES string of the molecule is C=C(CC(=O)OC)C(=O)Oc1ccc(CC(NC(=O)OC(C)(C)C)C(=O)NC(C)(C)C(C)(C)C)cc1. The van der Waals surface area contributed by atoms with Crippen molar-refractivity contribution in [3.05, 3.63) is 42.0 Å². The topological polar surface area (TPSA) is 120 Å². The molecule has 0 saturated heterocycles. The third kappa shape index (κ3) is 10.1. The van der Waals surface area contributed by atoms with Crippen molar-refractivity contribution in [1.82, 2.24) is 10.6 Å². The monoisotopic (exact) mass is 504 g/mol. The molecule has 0 bridgehead atoms. The van der Waals surface area contributed by atoms with Crippen LogP contribution in [0.15, 0.2) is 36.4 Å². The highest BCUT2D eigenvalue weighted by molar-refractivity contribution is 5.94. The van der Waals surface area contributed by atoms with Gasteiger partial charge in [0.15, 0.2) is 0 Å². The van der Waals surface area contributed by atoms with Crippen LogP contribution in [-0.4, -0.2) is 48.2 Å². The number of methoxy groups -OCH3 is 1. The molecular formula is C27H40N2O7. The molecule has 36 heavy (non-hydrogen) atoms. The maximum Gasteiger partial charge on any atom is 0.408 e. The lowest BCUT2D eigenvalue weighted by molar-refractivity contribution is -0.141. The largest absolute Gasteiger partial charge is 0.469 e. The van der Waals surface area contributed by atoms with Gasteiger partial charge in [-0.05, 0) is 57.7 Å². The summed E-state index contributed by atoms with van der Waals surface area (Å²) >= 11 is 0. The lowest BCUT2D eigenvalue weighted by Gasteiger charge is -2.40. The molecule has 1 aromatic rings. The maximum absolute atomic E-state index is 13.2. The minimum atomic E-state index is -0.908. The van der Waals surface area contributed by atoms with E-state index in [2.05, 4.69) is 21.9 Å². The Balaban J connectivity index is 3.01. The summed E-state index contributed by atoms with van der Waals surface area (Å²) in [4.78, 5) is 49.1. The normalized spacial score (nSPS) is 12.7. The molecule has 200 valence electrons. The van der Waals surface area contributed by atoms with Gasteiger partial charge >= 0.3 is 18.0 Å². The summed E-state index contributed by atoms with van der Waals surface area (Å²) in [5.41, 5.74) is -0.830. The molecule has 0 radical (unpaired) electrons. The van der Waals surface area contributed by atoms with E-state index in [1.165, 1.54) is 7.11 Å². The number of ether oxygens (including phenoxy) is 3. The second-order valence-electron chi connectivity index (χ2n) is 11.2. The van der Waals surface area contributed by atoms with E-state index in [0.29, 0.717) is 5.56 Å². The van der Waals surface area contributed by atoms with Crippen LogP contribution in [0.25, 0.3) is 0 Å². The summed E-state index contributed by atoms with van der Waals surface area (Å²) in [7, 11) is 1.22. The van der Waals surface area contributed by atoms with Crippen molar-refractivity contribution in [3.8, 4) is 5.75 Å². The molecule has 1 rings (SSSR count). The van der Waals surface area contributed by atoms with Crippen LogP contribution in [0.4, 0.5) is 4.79 Å². The highest BCUT2D eigenvalue weighted by atomic mass is 16.6. The third-order valence-electron chi connectivity index (χ3n) is 5.77. The summed E-state index contributed by atoms with van der Waals surface area (Å²) in [5.74, 6) is -1.45. The zero-order chi connectivity index (χ0) is 27.9. The molecule has 1 atom stereocenters. The second kappa shape index (κ2) is 12.1. The van der Waals surface area contributed by atoms with E-state index < -0.39 is 35.2 Å². The summed E-state index contributed by atoms with van der Waals surface area (Å²) in [6, 6.07) is 5.56. The fourth-order valence-electron chi connectivity index (χ4n) is 2.67. The van der Waals surface area contributed by atoms with Gasteiger partial charge in [0.1, 0.15) is 17.4 Å². The average molecular weight is 505 g/mol. The highest BCUT2D eigenvalue weighted by Crippen LogP contribution is 2.29. The van der Waals surface area contributed by atoms with Crippen molar-refractivity contribution in [2.24, 2.45) is 5.41 Å². The minimum Gasteiger partial charge on any atom is -0.469 e. The van der Waals surface area contributed by atoms with Crippen molar-refractivity contribution in [1.29, 1.82) is 0 Å². The number of amides is 2. The zero-order valence-electron chi connectivity index (χ0n) is 22.9. The van der Waals surface area contributed by atoms with E-state index in [1.807, 2.05) is 34.6 Å². The van der Waals surface area contributed by atoms with E-state index >= 15 is 0 Å². The molecule has 9 heteroatoms. The van der Waals surface area contributed by atoms with Gasteiger partial charge in [0.2, 0.25) is 5.91 Å². The Morgan fingerprint density at radius 3 is 1.97 bits per heavy atom. The zero-order valence-corrected chi connectivity index (χ0v) is 22.9. The van der Waals surface area contributed by atoms with Crippen LogP contribution in [-0.2, 0) is 30.3 Å². The number of esters is 2. The van der Waals surface area contributed by atoms with E-state index in [-0.39, 0.29) is 35.5 Å². The molecule has 0 fully saturated rings. The first-order valence-corrected chi connectivity index (χ1v) is 11.7. The minimum absolute atomic E-state index is 0.0364. The lowest BCUT2D eigenvalue weighted by Crippen LogP contribution is -2.58. The van der Waals surface area contributed by atoms with Crippen molar-refractivity contribution in [2.45, 2.75) is 85.4 Å². The number of benzene rings is 1. The van der Waals surface area contributed by atoms with Crippen molar-refractivity contribution in [2.75, 3.05) is 7.11 Å². The Bertz CT molecular complexity index is 967. The van der Waals surface area contributed by atoms with Crippen LogP contribution in [0.3, 0.4) is 0 Å². The molecule has 0 aliphatic heterocycles. The van der Waals surface area contributed by atoms with Gasteiger partial charge in [0.25, 0.3) is 0 Å². The molecule has 9 nitrogen and oxygen atoms in total. The standard InChI is InChI=1S/C27H40N2O7/c1-17(15-21(30)34-10)23(32)35-19-13-11-18(12-14-19)16-20(28-24(33)36-26(5,6)7)22(31)29-27(8,9)25(2,3)4/h11-14,20H,1,15-16H2,2-10H3,(H,28,33)(H,29,31). The molecule has 2 N–H and O–H groups in total. The van der Waals surface area contributed by atoms with Gasteiger partial charge in [-0.15, -0.1) is 0 Å². The summed E-state index contributed by atoms with van der Waals surface area (Å²) < 4.78 is 15.1. The van der Waals surface area contributed by atoms with Crippen LogP contribution in [0.1, 0.15) is 67.4 Å². The molecule has 0 aromatic heterocycles. The van der Waals surface area contributed by atoms with Gasteiger partial charge in [0, 0.05) is 17.5 Å². The summed E-state index contributed by atoms with van der Waals surface area (Å²) in [5, 5.41) is 5.70. The van der Waals surface area contributed by atoms with Crippen LogP contribution in [0.2, 0.25) is 0 Å². The fraction of sp³-hybridized carbons (Fsp3) is 0.556. The number of carbonyl (C=O) groups is 4. The first kappa shape index (κ1) is 30.7. The van der Waals surface area contributed by atoms with Crippen molar-refractivity contribution >= 4 is 23.9 Å². The van der Waals surface area contributed by atoms with Gasteiger partial charge in [0.05, 0.1) is 13.5 Å². The first-order chi connectivity index (χ1) is 16.3. The van der Waals surface area contributed by atoms with Gasteiger partial charge in [-0.1, -0.05) is 39.5 Å². The van der Waals surface area contributed by atoms with E-state index in [1.54, 1.807) is 45.0 Å². The Morgan fingerprint density at radius 2 is 1.50 bits per heavy atom. The van der Waals surface area contributed by atoms with Crippen molar-refractivity contribution in [3.63, 3.8) is 0 Å². The number of nitrogens with one attached hydrogen (secondary N) is 2. The number of alkyl carbamates (subject to hydrolysis) is 1. The Morgan fingerprint density at radius 1 is 0.944 bits per heavy atom. The maximum atomic E-state index is 13.2. The highest BCUT2D eigenvalue weighted by Gasteiger charge is 2.36. The molecular weight excluding hydrogens is 464 g/mol. The second-order valence-corrected chi connectivity index (χ2v) is 11.2. The predicted octanol–water partition coefficient (Wildman–Crippen LogP) is 4.09. The fourth-order valence-corrected chi connectivity index (χ4v) is 2.67. The van der Waals surface area contributed by atoms with Gasteiger partial charge in [-0.25, -0.2) is 9.59 Å². The van der Waals surface area contributed by atoms with Crippen molar-refractivity contribution < 1.29 is 33.4 Å². The number of rotatable bonds is 9. The molecule has 1 aromatic carbocycles. The van der Waals surface area contributed by atoms with Crippen LogP contribution in [0, 0.1) is 5.41 Å². The number of carbonyl (C=O) groups excluding carboxylic acids is 4. The van der Waals surface area contributed by atoms with Gasteiger partial charge < -0.3 is 24.8 Å². The average Bonchev–Trinajstić information content (AvgIpc) is 2.71. The quantitative estimate of drug-likeness (QED) is 0.295. The molecule has 0 heterocycles. The first-order valence-electron chi connectivity index (χ1n) is 11.7. The number of hydrogen-bond donors (Lipinski definition) is 2. The molecule has 2 amide bonds. The Hall–Kier alpha value is -3.36. The van der Waals surface area contributed by atoms with Gasteiger partial charge in [-0.2, -0.15) is 0 Å². The number of hydrogen-bond acceptors (Lipinski definition) is 7. The molecule has 0 saturated carbocycles. The van der Waals surface area contributed by atoms with E-state index in [0.717, 1.165) is 0 Å². The molecule has 0 aliphatic rings. The van der Waals surface area contributed by atoms with E-state index in [4.69, 9.17) is 9.47 Å². The van der Waals surface area contributed by atoms with E-state index in [9.17, 15) is 19.2 Å². The molecule has 1 unspecified atom stereocenters. The van der Waals surface area contributed by atoms with Gasteiger partial charge in [-0.3, -0.25) is 9.59 Å².